The Morgan fingerprint density at radius 2 is 1.85 bits per heavy atom. The van der Waals surface area contributed by atoms with E-state index in [0.717, 1.165) is 57.8 Å². The van der Waals surface area contributed by atoms with Crippen LogP contribution in [0.15, 0.2) is 6.33 Å². The summed E-state index contributed by atoms with van der Waals surface area (Å²) in [5, 5.41) is 2.90. The average molecular weight is 560 g/mol. The van der Waals surface area contributed by atoms with Gasteiger partial charge in [0.15, 0.2) is 17.0 Å². The molecule has 1 aliphatic heterocycles. The van der Waals surface area contributed by atoms with Gasteiger partial charge in [-0.05, 0) is 74.8 Å². The fraction of sp³-hybridized carbons (Fsp3) is 0.759. The highest BCUT2D eigenvalue weighted by Crippen LogP contribution is 2.50. The molecule has 2 atom stereocenters. The molecule has 5 rings (SSSR count). The number of hydrogen-bond acceptors (Lipinski definition) is 7. The minimum atomic E-state index is -0.302. The fourth-order valence-electron chi connectivity index (χ4n) is 6.67. The van der Waals surface area contributed by atoms with E-state index in [1.165, 1.54) is 38.5 Å². The molecule has 39 heavy (non-hydrogen) atoms. The summed E-state index contributed by atoms with van der Waals surface area (Å²) >= 11 is 6.22. The maximum atomic E-state index is 12.8. The molecule has 2 saturated carbocycles. The molecule has 2 aromatic heterocycles. The first-order valence-corrected chi connectivity index (χ1v) is 15.4. The average Bonchev–Trinajstić information content (AvgIpc) is 3.68. The number of esters is 1. The standard InChI is InChI=1S/C29H42ClN5O4/c1-2-3-4-5-6-9-22(36)32-25-24-26(34-28(30)33-25)35(19-31-24)23-11-10-21(39-23)18-38-27(37)20-12-16-29(17-13-20)14-7-8-15-29/h19-21,23H,2-18H2,1H3,(H,32,33,34,36). The number of ether oxygens (including phenoxy) is 2. The summed E-state index contributed by atoms with van der Waals surface area (Å²) in [6.07, 6.45) is 18.1. The quantitative estimate of drug-likeness (QED) is 0.184. The summed E-state index contributed by atoms with van der Waals surface area (Å²) in [6.45, 7) is 2.43. The topological polar surface area (TPSA) is 108 Å². The number of carbonyl (C=O) groups excluding carboxylic acids is 2. The lowest BCUT2D eigenvalue weighted by atomic mass is 9.69. The van der Waals surface area contributed by atoms with Crippen molar-refractivity contribution in [3.63, 3.8) is 0 Å². The third-order valence-electron chi connectivity index (χ3n) is 9.01. The predicted octanol–water partition coefficient (Wildman–Crippen LogP) is 6.75. The molecule has 2 aliphatic carbocycles. The van der Waals surface area contributed by atoms with Gasteiger partial charge in [0.05, 0.1) is 18.3 Å². The molecule has 2 aromatic rings. The lowest BCUT2D eigenvalue weighted by Gasteiger charge is -2.36. The molecule has 1 N–H and O–H groups in total. The Hall–Kier alpha value is -2.26. The maximum Gasteiger partial charge on any atom is 0.309 e. The number of rotatable bonds is 11. The van der Waals surface area contributed by atoms with E-state index in [1.54, 1.807) is 6.33 Å². The summed E-state index contributed by atoms with van der Waals surface area (Å²) in [6, 6.07) is 0. The SMILES string of the molecule is CCCCCCCC(=O)Nc1nc(Cl)nc2c1ncn2C1CCC(COC(=O)C2CCC3(CCCC3)CC2)O1. The van der Waals surface area contributed by atoms with Crippen molar-refractivity contribution in [3.05, 3.63) is 11.6 Å². The van der Waals surface area contributed by atoms with Gasteiger partial charge in [0, 0.05) is 6.42 Å². The Balaban J connectivity index is 1.12. The van der Waals surface area contributed by atoms with E-state index < -0.39 is 0 Å². The number of nitrogens with one attached hydrogen (secondary N) is 1. The maximum absolute atomic E-state index is 12.8. The van der Waals surface area contributed by atoms with Crippen molar-refractivity contribution >= 4 is 40.5 Å². The van der Waals surface area contributed by atoms with Crippen molar-refractivity contribution in [1.29, 1.82) is 0 Å². The third kappa shape index (κ3) is 6.91. The van der Waals surface area contributed by atoms with Crippen molar-refractivity contribution in [1.82, 2.24) is 19.5 Å². The van der Waals surface area contributed by atoms with E-state index in [-0.39, 0.29) is 42.0 Å². The predicted molar refractivity (Wildman–Crippen MR) is 149 cm³/mol. The van der Waals surface area contributed by atoms with Crippen LogP contribution < -0.4 is 5.32 Å². The van der Waals surface area contributed by atoms with E-state index in [4.69, 9.17) is 21.1 Å². The van der Waals surface area contributed by atoms with Crippen molar-refractivity contribution in [2.24, 2.45) is 11.3 Å². The highest BCUT2D eigenvalue weighted by molar-refractivity contribution is 6.28. The molecule has 214 valence electrons. The number of anilines is 1. The molecule has 3 fully saturated rings. The summed E-state index contributed by atoms with van der Waals surface area (Å²) in [7, 11) is 0. The van der Waals surface area contributed by atoms with Crippen LogP contribution >= 0.6 is 11.6 Å². The summed E-state index contributed by atoms with van der Waals surface area (Å²) in [5.41, 5.74) is 1.50. The molecule has 1 saturated heterocycles. The molecule has 3 aliphatic rings. The van der Waals surface area contributed by atoms with E-state index >= 15 is 0 Å². The number of carbonyl (C=O) groups is 2. The second kappa shape index (κ2) is 12.9. The van der Waals surface area contributed by atoms with E-state index in [1.807, 2.05) is 4.57 Å². The monoisotopic (exact) mass is 559 g/mol. The van der Waals surface area contributed by atoms with Crippen LogP contribution in [0, 0.1) is 11.3 Å². The van der Waals surface area contributed by atoms with Crippen LogP contribution in [0.5, 0.6) is 0 Å². The van der Waals surface area contributed by atoms with Gasteiger partial charge in [-0.1, -0.05) is 45.4 Å². The van der Waals surface area contributed by atoms with Gasteiger partial charge in [-0.2, -0.15) is 9.97 Å². The first-order valence-electron chi connectivity index (χ1n) is 15.0. The summed E-state index contributed by atoms with van der Waals surface area (Å²) in [4.78, 5) is 38.3. The van der Waals surface area contributed by atoms with Crippen molar-refractivity contribution in [2.45, 2.75) is 122 Å². The van der Waals surface area contributed by atoms with Gasteiger partial charge < -0.3 is 14.8 Å². The Kier molecular flexibility index (Phi) is 9.38. The zero-order valence-corrected chi connectivity index (χ0v) is 23.9. The second-order valence-corrected chi connectivity index (χ2v) is 12.1. The Morgan fingerprint density at radius 1 is 1.08 bits per heavy atom. The van der Waals surface area contributed by atoms with Gasteiger partial charge in [-0.25, -0.2) is 4.98 Å². The van der Waals surface area contributed by atoms with Gasteiger partial charge in [0.25, 0.3) is 0 Å². The van der Waals surface area contributed by atoms with E-state index in [9.17, 15) is 9.59 Å². The molecule has 1 spiro atoms. The molecule has 2 unspecified atom stereocenters. The van der Waals surface area contributed by atoms with Crippen LogP contribution in [0.3, 0.4) is 0 Å². The molecule has 3 heterocycles. The molecule has 0 aromatic carbocycles. The van der Waals surface area contributed by atoms with Crippen molar-refractivity contribution in [3.8, 4) is 0 Å². The number of fused-ring (bicyclic) bond motifs is 1. The number of unbranched alkanes of at least 4 members (excludes halogenated alkanes) is 4. The fourth-order valence-corrected chi connectivity index (χ4v) is 6.83. The molecule has 0 bridgehead atoms. The zero-order chi connectivity index (χ0) is 27.2. The largest absolute Gasteiger partial charge is 0.463 e. The van der Waals surface area contributed by atoms with Crippen LogP contribution in [0.2, 0.25) is 5.28 Å². The van der Waals surface area contributed by atoms with E-state index in [2.05, 4.69) is 27.2 Å². The van der Waals surface area contributed by atoms with Crippen LogP contribution in [-0.4, -0.2) is 44.1 Å². The third-order valence-corrected chi connectivity index (χ3v) is 9.18. The number of amides is 1. The van der Waals surface area contributed by atoms with Gasteiger partial charge >= 0.3 is 5.97 Å². The molecule has 10 heteroatoms. The highest BCUT2D eigenvalue weighted by atomic mass is 35.5. The number of aromatic nitrogens is 4. The number of hydrogen-bond donors (Lipinski definition) is 1. The molecular formula is C29H42ClN5O4. The van der Waals surface area contributed by atoms with Crippen molar-refractivity contribution in [2.75, 3.05) is 11.9 Å². The van der Waals surface area contributed by atoms with Gasteiger partial charge in [-0.15, -0.1) is 0 Å². The highest BCUT2D eigenvalue weighted by Gasteiger charge is 2.40. The van der Waals surface area contributed by atoms with Gasteiger partial charge in [-0.3, -0.25) is 14.2 Å². The minimum Gasteiger partial charge on any atom is -0.463 e. The van der Waals surface area contributed by atoms with E-state index in [0.29, 0.717) is 28.8 Å². The van der Waals surface area contributed by atoms with Gasteiger partial charge in [0.2, 0.25) is 11.2 Å². The number of halogens is 1. The van der Waals surface area contributed by atoms with Crippen molar-refractivity contribution < 1.29 is 19.1 Å². The smallest absolute Gasteiger partial charge is 0.309 e. The van der Waals surface area contributed by atoms with Crippen LogP contribution in [0.25, 0.3) is 11.2 Å². The van der Waals surface area contributed by atoms with Crippen LogP contribution in [-0.2, 0) is 19.1 Å². The molecule has 1 amide bonds. The first-order chi connectivity index (χ1) is 19.0. The Labute approximate surface area is 235 Å². The Bertz CT molecular complexity index is 1140. The minimum absolute atomic E-state index is 0.0230. The molecule has 9 nitrogen and oxygen atoms in total. The normalized spacial score (nSPS) is 23.0. The lowest BCUT2D eigenvalue weighted by molar-refractivity contribution is -0.155. The lowest BCUT2D eigenvalue weighted by Crippen LogP contribution is -2.30. The number of nitrogens with zero attached hydrogens (tertiary/aromatic N) is 4. The second-order valence-electron chi connectivity index (χ2n) is 11.8. The number of imidazole rings is 1. The molecule has 0 radical (unpaired) electrons. The molecular weight excluding hydrogens is 518 g/mol. The van der Waals surface area contributed by atoms with Gasteiger partial charge in [0.1, 0.15) is 12.8 Å². The first kappa shape index (κ1) is 28.3. The summed E-state index contributed by atoms with van der Waals surface area (Å²) in [5.74, 6) is 0.160. The zero-order valence-electron chi connectivity index (χ0n) is 23.1. The van der Waals surface area contributed by atoms with Crippen LogP contribution in [0.4, 0.5) is 5.82 Å². The Morgan fingerprint density at radius 3 is 2.62 bits per heavy atom. The summed E-state index contributed by atoms with van der Waals surface area (Å²) < 4.78 is 13.8. The van der Waals surface area contributed by atoms with Crippen LogP contribution in [0.1, 0.15) is 116 Å².